The quantitative estimate of drug-likeness (QED) is 0.838. The standard InChI is InChI=1S/C15H19BrClN3O3/c1-2-23-15(22)20-7-5-19(6-8-20)10-14(21)18-13-4-3-11(16)9-12(13)17/h3-4,9H,2,5-8,10H2,1H3,(H,18,21). The highest BCUT2D eigenvalue weighted by atomic mass is 79.9. The highest BCUT2D eigenvalue weighted by Gasteiger charge is 2.23. The maximum atomic E-state index is 12.1. The molecule has 6 nitrogen and oxygen atoms in total. The van der Waals surface area contributed by atoms with Crippen LogP contribution >= 0.6 is 27.5 Å². The number of nitrogens with zero attached hydrogens (tertiary/aromatic N) is 2. The Hall–Kier alpha value is -1.31. The molecule has 0 saturated carbocycles. The van der Waals surface area contributed by atoms with E-state index in [9.17, 15) is 9.59 Å². The molecule has 1 aromatic rings. The Morgan fingerprint density at radius 2 is 2.00 bits per heavy atom. The molecule has 1 fully saturated rings. The minimum atomic E-state index is -0.293. The van der Waals surface area contributed by atoms with Gasteiger partial charge in [-0.2, -0.15) is 0 Å². The molecule has 0 unspecified atom stereocenters. The minimum absolute atomic E-state index is 0.126. The Morgan fingerprint density at radius 3 is 2.61 bits per heavy atom. The first-order chi connectivity index (χ1) is 11.0. The van der Waals surface area contributed by atoms with Gasteiger partial charge >= 0.3 is 6.09 Å². The molecule has 1 aromatic carbocycles. The second-order valence-corrected chi connectivity index (χ2v) is 6.46. The van der Waals surface area contributed by atoms with Gasteiger partial charge in [-0.05, 0) is 25.1 Å². The topological polar surface area (TPSA) is 61.9 Å². The number of anilines is 1. The van der Waals surface area contributed by atoms with Crippen LogP contribution in [0.5, 0.6) is 0 Å². The molecule has 2 rings (SSSR count). The Bertz CT molecular complexity index is 577. The number of rotatable bonds is 4. The van der Waals surface area contributed by atoms with Crippen LogP contribution < -0.4 is 5.32 Å². The van der Waals surface area contributed by atoms with Gasteiger partial charge in [0.25, 0.3) is 0 Å². The Kier molecular flexibility index (Phi) is 6.68. The lowest BCUT2D eigenvalue weighted by Crippen LogP contribution is -2.50. The molecule has 1 heterocycles. The number of halogens is 2. The summed E-state index contributed by atoms with van der Waals surface area (Å²) in [6.45, 7) is 4.82. The van der Waals surface area contributed by atoms with Crippen molar-refractivity contribution in [1.29, 1.82) is 0 Å². The lowest BCUT2D eigenvalue weighted by molar-refractivity contribution is -0.117. The average molecular weight is 405 g/mol. The fraction of sp³-hybridized carbons (Fsp3) is 0.467. The SMILES string of the molecule is CCOC(=O)N1CCN(CC(=O)Nc2ccc(Br)cc2Cl)CC1. The zero-order valence-electron chi connectivity index (χ0n) is 12.8. The van der Waals surface area contributed by atoms with Gasteiger partial charge in [0.15, 0.2) is 0 Å². The summed E-state index contributed by atoms with van der Waals surface area (Å²) in [7, 11) is 0. The number of ether oxygens (including phenoxy) is 1. The maximum absolute atomic E-state index is 12.1. The lowest BCUT2D eigenvalue weighted by Gasteiger charge is -2.33. The predicted molar refractivity (Wildman–Crippen MR) is 92.8 cm³/mol. The minimum Gasteiger partial charge on any atom is -0.450 e. The summed E-state index contributed by atoms with van der Waals surface area (Å²) in [6, 6.07) is 5.30. The largest absolute Gasteiger partial charge is 0.450 e. The molecule has 0 atom stereocenters. The number of carbonyl (C=O) groups excluding carboxylic acids is 2. The van der Waals surface area contributed by atoms with Gasteiger partial charge in [0.05, 0.1) is 23.9 Å². The molecule has 0 aliphatic carbocycles. The van der Waals surface area contributed by atoms with Crippen LogP contribution in [0, 0.1) is 0 Å². The van der Waals surface area contributed by atoms with E-state index in [4.69, 9.17) is 16.3 Å². The highest BCUT2D eigenvalue weighted by molar-refractivity contribution is 9.10. The van der Waals surface area contributed by atoms with Crippen LogP contribution in [-0.4, -0.2) is 61.1 Å². The number of nitrogens with one attached hydrogen (secondary N) is 1. The predicted octanol–water partition coefficient (Wildman–Crippen LogP) is 2.82. The van der Waals surface area contributed by atoms with E-state index in [-0.39, 0.29) is 18.5 Å². The second-order valence-electron chi connectivity index (χ2n) is 5.13. The van der Waals surface area contributed by atoms with Gasteiger partial charge in [-0.3, -0.25) is 9.69 Å². The van der Waals surface area contributed by atoms with Gasteiger partial charge in [-0.15, -0.1) is 0 Å². The average Bonchev–Trinajstić information content (AvgIpc) is 2.51. The maximum Gasteiger partial charge on any atom is 0.409 e. The van der Waals surface area contributed by atoms with Gasteiger partial charge in [-0.25, -0.2) is 4.79 Å². The van der Waals surface area contributed by atoms with Crippen LogP contribution in [0.1, 0.15) is 6.92 Å². The van der Waals surface area contributed by atoms with Crippen molar-refractivity contribution in [3.63, 3.8) is 0 Å². The van der Waals surface area contributed by atoms with Gasteiger partial charge < -0.3 is 15.0 Å². The second kappa shape index (κ2) is 8.52. The number of amides is 2. The third-order valence-electron chi connectivity index (χ3n) is 3.47. The van der Waals surface area contributed by atoms with Crippen LogP contribution in [0.4, 0.5) is 10.5 Å². The Morgan fingerprint density at radius 1 is 1.30 bits per heavy atom. The van der Waals surface area contributed by atoms with Crippen LogP contribution in [0.25, 0.3) is 0 Å². The molecule has 1 N–H and O–H groups in total. The summed E-state index contributed by atoms with van der Waals surface area (Å²) in [5.74, 6) is -0.126. The molecule has 0 bridgehead atoms. The van der Waals surface area contributed by atoms with Crippen LogP contribution in [0.3, 0.4) is 0 Å². The van der Waals surface area contributed by atoms with Crippen molar-refractivity contribution < 1.29 is 14.3 Å². The van der Waals surface area contributed by atoms with E-state index in [2.05, 4.69) is 21.2 Å². The van der Waals surface area contributed by atoms with Gasteiger partial charge in [0.1, 0.15) is 0 Å². The first kappa shape index (κ1) is 18.0. The molecular weight excluding hydrogens is 386 g/mol. The molecule has 1 aliphatic rings. The molecule has 1 saturated heterocycles. The normalized spacial score (nSPS) is 15.3. The summed E-state index contributed by atoms with van der Waals surface area (Å²) >= 11 is 9.41. The first-order valence-electron chi connectivity index (χ1n) is 7.38. The number of hydrogen-bond donors (Lipinski definition) is 1. The smallest absolute Gasteiger partial charge is 0.409 e. The monoisotopic (exact) mass is 403 g/mol. The molecule has 23 heavy (non-hydrogen) atoms. The Balaban J connectivity index is 1.79. The van der Waals surface area contributed by atoms with Gasteiger partial charge in [0.2, 0.25) is 5.91 Å². The molecule has 126 valence electrons. The van der Waals surface area contributed by atoms with Crippen molar-refractivity contribution in [1.82, 2.24) is 9.80 Å². The zero-order valence-corrected chi connectivity index (χ0v) is 15.2. The van der Waals surface area contributed by atoms with E-state index in [1.54, 1.807) is 24.0 Å². The first-order valence-corrected chi connectivity index (χ1v) is 8.55. The summed E-state index contributed by atoms with van der Waals surface area (Å²) in [5, 5.41) is 3.29. The number of carbonyl (C=O) groups is 2. The van der Waals surface area contributed by atoms with Crippen LogP contribution in [0.2, 0.25) is 5.02 Å². The molecule has 2 amide bonds. The summed E-state index contributed by atoms with van der Waals surface area (Å²) in [6.07, 6.45) is -0.293. The molecule has 8 heteroatoms. The summed E-state index contributed by atoms with van der Waals surface area (Å²) < 4.78 is 5.83. The third-order valence-corrected chi connectivity index (χ3v) is 4.28. The van der Waals surface area contributed by atoms with E-state index in [1.165, 1.54) is 0 Å². The van der Waals surface area contributed by atoms with Gasteiger partial charge in [-0.1, -0.05) is 27.5 Å². The fourth-order valence-electron chi connectivity index (χ4n) is 2.29. The van der Waals surface area contributed by atoms with Gasteiger partial charge in [0, 0.05) is 30.7 Å². The lowest BCUT2D eigenvalue weighted by atomic mass is 10.3. The summed E-state index contributed by atoms with van der Waals surface area (Å²) in [4.78, 5) is 27.4. The van der Waals surface area contributed by atoms with Crippen LogP contribution in [-0.2, 0) is 9.53 Å². The number of benzene rings is 1. The molecular formula is C15H19BrClN3O3. The highest BCUT2D eigenvalue weighted by Crippen LogP contribution is 2.25. The van der Waals surface area contributed by atoms with Crippen molar-refractivity contribution >= 4 is 45.2 Å². The summed E-state index contributed by atoms with van der Waals surface area (Å²) in [5.41, 5.74) is 0.588. The van der Waals surface area contributed by atoms with E-state index in [0.29, 0.717) is 43.5 Å². The van der Waals surface area contributed by atoms with E-state index < -0.39 is 0 Å². The van der Waals surface area contributed by atoms with Crippen molar-refractivity contribution in [2.75, 3.05) is 44.6 Å². The van der Waals surface area contributed by atoms with Crippen molar-refractivity contribution in [2.24, 2.45) is 0 Å². The van der Waals surface area contributed by atoms with E-state index >= 15 is 0 Å². The molecule has 0 spiro atoms. The third kappa shape index (κ3) is 5.37. The van der Waals surface area contributed by atoms with Crippen molar-refractivity contribution in [2.45, 2.75) is 6.92 Å². The number of piperazine rings is 1. The number of hydrogen-bond acceptors (Lipinski definition) is 4. The Labute approximate surface area is 148 Å². The van der Waals surface area contributed by atoms with Crippen molar-refractivity contribution in [3.8, 4) is 0 Å². The molecule has 0 aromatic heterocycles. The van der Waals surface area contributed by atoms with Crippen molar-refractivity contribution in [3.05, 3.63) is 27.7 Å². The molecule has 1 aliphatic heterocycles. The molecule has 0 radical (unpaired) electrons. The fourth-order valence-corrected chi connectivity index (χ4v) is 3.01. The zero-order chi connectivity index (χ0) is 16.8. The van der Waals surface area contributed by atoms with Crippen LogP contribution in [0.15, 0.2) is 22.7 Å². The van der Waals surface area contributed by atoms with E-state index in [0.717, 1.165) is 4.47 Å². The van der Waals surface area contributed by atoms with E-state index in [1.807, 2.05) is 11.0 Å².